The van der Waals surface area contributed by atoms with Crippen LogP contribution in [0.1, 0.15) is 36.5 Å². The number of aromatic nitrogens is 5. The van der Waals surface area contributed by atoms with Crippen LogP contribution in [0.4, 0.5) is 22.7 Å². The number of pyridine rings is 2. The van der Waals surface area contributed by atoms with E-state index >= 15 is 0 Å². The Labute approximate surface area is 674 Å². The maximum Gasteiger partial charge on any atom is 2.00 e. The van der Waals surface area contributed by atoms with Gasteiger partial charge in [-0.05, 0) is 229 Å². The molecule has 12 nitrogen and oxygen atoms in total. The van der Waals surface area contributed by atoms with Crippen molar-refractivity contribution in [2.24, 2.45) is 0 Å². The summed E-state index contributed by atoms with van der Waals surface area (Å²) >= 11 is 0. The van der Waals surface area contributed by atoms with E-state index < -0.39 is 0 Å². The molecule has 0 radical (unpaired) electrons. The molecule has 0 spiro atoms. The average Bonchev–Trinajstić information content (AvgIpc) is 1.17. The van der Waals surface area contributed by atoms with E-state index in [1.54, 1.807) is 36.4 Å². The van der Waals surface area contributed by atoms with Crippen LogP contribution in [0.15, 0.2) is 369 Å². The van der Waals surface area contributed by atoms with Gasteiger partial charge in [-0.15, -0.1) is 0 Å². The Kier molecular flexibility index (Phi) is 19.5. The molecule has 0 bridgehead atoms. The van der Waals surface area contributed by atoms with Gasteiger partial charge in [0.05, 0.1) is 45.7 Å². The molecule has 0 saturated carbocycles. The van der Waals surface area contributed by atoms with Gasteiger partial charge >= 0.3 is 10.1 Å². The molecule has 0 saturated heterocycles. The number of nitrogens with zero attached hydrogens (tertiary/aromatic N) is 7. The van der Waals surface area contributed by atoms with Crippen LogP contribution in [-0.4, -0.2) is 36.9 Å². The van der Waals surface area contributed by atoms with Crippen LogP contribution >= 0.6 is 0 Å². The third-order valence-corrected chi connectivity index (χ3v) is 22.3. The van der Waals surface area contributed by atoms with Crippen LogP contribution < -0.4 is 30.0 Å². The topological polar surface area (TPSA) is 133 Å². The van der Waals surface area contributed by atoms with Gasteiger partial charge in [0.1, 0.15) is 11.5 Å². The minimum absolute atomic E-state index is 0. The quantitative estimate of drug-likeness (QED) is 0.0644. The third-order valence-electron chi connectivity index (χ3n) is 22.3. The first-order chi connectivity index (χ1) is 56.7. The fourth-order valence-electron chi connectivity index (χ4n) is 17.3. The first-order valence-corrected chi connectivity index (χ1v) is 38.9. The number of nitriles is 1. The molecule has 14 aromatic carbocycles. The standard InChI is InChI=1S/C54H36N4.C23H21N3O.2C13H9NO.Be/c1-7-19-49-43(13-1)44-14-2-8-20-50(44)56(49)40-31-25-37(26-32-40)55(38-27-33-41(34-28-38)57-51-21-9-3-15-45(51)46-16-4-10-22-52(46)57)39-29-35-42(36-30-39)58-53-23-11-5-17-47(53)48-18-6-12-24-54(48)58;1-16-11-20(22(15-24)25-2)14-21(27-16)8-7-17-12-18-5-3-9-26-10-4-6-19(13-17)23(18)26;2*15-11-5-1-3-9-6-7-10-4-2-8-14-13(10)12(9)11;/h1-36H;7-8,11-14H,3-6,9-10H2,1H3;2*1-8,15H;/q;;;;+2/b;8-7+,22-20+;;;. The smallest absolute Gasteiger partial charge is 0.872 e. The van der Waals surface area contributed by atoms with Gasteiger partial charge in [0.2, 0.25) is 11.0 Å². The molecule has 3 aliphatic rings. The molecule has 3 aliphatic heterocycles. The number of allylic oxidation sites excluding steroid dienone is 6. The number of rotatable bonds is 8. The van der Waals surface area contributed by atoms with Crippen LogP contribution in [0.3, 0.4) is 0 Å². The molecule has 116 heavy (non-hydrogen) atoms. The number of hydrogen-bond donors (Lipinski definition) is 0. The zero-order valence-electron chi connectivity index (χ0n) is 63.8. The molecule has 0 atom stereocenters. The van der Waals surface area contributed by atoms with E-state index in [2.05, 4.69) is 275 Å². The van der Waals surface area contributed by atoms with Crippen molar-refractivity contribution in [2.45, 2.75) is 32.6 Å². The van der Waals surface area contributed by atoms with Crippen LogP contribution in [-0.2, 0) is 17.6 Å². The fraction of sp³-hybridized carbons (Fsp3) is 0.0680. The van der Waals surface area contributed by atoms with Gasteiger partial charge in [-0.2, -0.15) is 0 Å². The summed E-state index contributed by atoms with van der Waals surface area (Å²) in [6.07, 6.45) is 15.9. The molecule has 19 aromatic rings. The molecule has 8 heterocycles. The zero-order chi connectivity index (χ0) is 77.5. The minimum Gasteiger partial charge on any atom is -0.872 e. The maximum atomic E-state index is 11.8. The molecule has 5 aromatic heterocycles. The number of fused-ring (bicyclic) bond motifs is 15. The van der Waals surface area contributed by atoms with E-state index in [0.717, 1.165) is 90.3 Å². The number of aryl methyl sites for hydroxylation is 2. The summed E-state index contributed by atoms with van der Waals surface area (Å²) in [6, 6.07) is 112. The number of nitrogens with one attached hydrogen (secondary N) is 2. The minimum atomic E-state index is 0. The molecular formula is C103H75BeN9O3+2. The molecule has 13 heteroatoms. The third kappa shape index (κ3) is 13.4. The number of hydrogen-bond acceptors (Lipinski definition) is 6. The second kappa shape index (κ2) is 31.2. The van der Waals surface area contributed by atoms with Crippen molar-refractivity contribution < 1.29 is 24.9 Å². The van der Waals surface area contributed by atoms with Gasteiger partial charge in [0.25, 0.3) is 5.70 Å². The van der Waals surface area contributed by atoms with Gasteiger partial charge in [0.15, 0.2) is 12.4 Å². The van der Waals surface area contributed by atoms with E-state index in [0.29, 0.717) is 17.1 Å². The van der Waals surface area contributed by atoms with Crippen molar-refractivity contribution in [3.8, 4) is 34.6 Å². The first kappa shape index (κ1) is 72.5. The van der Waals surface area contributed by atoms with Crippen LogP contribution in [0.5, 0.6) is 11.5 Å². The number of anilines is 4. The van der Waals surface area contributed by atoms with E-state index in [1.165, 1.54) is 114 Å². The van der Waals surface area contributed by atoms with Gasteiger partial charge in [0, 0.05) is 119 Å². The molecule has 0 aliphatic carbocycles. The van der Waals surface area contributed by atoms with Gasteiger partial charge in [-0.25, -0.2) is 20.1 Å². The Morgan fingerprint density at radius 2 is 0.802 bits per heavy atom. The van der Waals surface area contributed by atoms with Crippen molar-refractivity contribution >= 4 is 148 Å². The van der Waals surface area contributed by atoms with Crippen molar-refractivity contribution in [3.63, 3.8) is 0 Å². The maximum absolute atomic E-state index is 11.8. The van der Waals surface area contributed by atoms with E-state index in [4.69, 9.17) is 16.6 Å². The summed E-state index contributed by atoms with van der Waals surface area (Å²) in [5, 5.41) is 45.9. The summed E-state index contributed by atoms with van der Waals surface area (Å²) in [6.45, 7) is 11.3. The largest absolute Gasteiger partial charge is 2.00 e. The second-order valence-electron chi connectivity index (χ2n) is 29.2. The Bertz CT molecular complexity index is 6580. The molecule has 2 N–H and O–H groups in total. The molecule has 0 fully saturated rings. The van der Waals surface area contributed by atoms with Crippen molar-refractivity contribution in [1.29, 1.82) is 5.26 Å². The Morgan fingerprint density at radius 3 is 1.17 bits per heavy atom. The molecule has 0 amide bonds. The van der Waals surface area contributed by atoms with Crippen LogP contribution in [0.2, 0.25) is 0 Å². The van der Waals surface area contributed by atoms with Gasteiger partial charge in [-0.3, -0.25) is 0 Å². The van der Waals surface area contributed by atoms with Crippen molar-refractivity contribution in [1.82, 2.24) is 13.7 Å². The van der Waals surface area contributed by atoms with Crippen LogP contribution in [0, 0.1) is 17.9 Å². The first-order valence-electron chi connectivity index (χ1n) is 38.9. The molecular weight excluding hydrogens is 1420 g/mol. The van der Waals surface area contributed by atoms with Crippen molar-refractivity contribution in [2.75, 3.05) is 22.9 Å². The van der Waals surface area contributed by atoms with E-state index in [9.17, 15) is 10.2 Å². The molecule has 22 rings (SSSR count). The van der Waals surface area contributed by atoms with E-state index in [1.807, 2.05) is 92.1 Å². The Balaban J connectivity index is 0.000000130. The van der Waals surface area contributed by atoms with Crippen LogP contribution in [0.25, 0.3) is 137 Å². The van der Waals surface area contributed by atoms with Gasteiger partial charge in [-0.1, -0.05) is 175 Å². The summed E-state index contributed by atoms with van der Waals surface area (Å²) in [5.74, 6) is 1.47. The number of benzene rings is 14. The number of ether oxygens (including phenoxy) is 1. The average molecular weight is 1500 g/mol. The predicted molar refractivity (Wildman–Crippen MR) is 471 cm³/mol. The Morgan fingerprint density at radius 1 is 0.440 bits per heavy atom. The summed E-state index contributed by atoms with van der Waals surface area (Å²) in [4.78, 5) is 14.5. The van der Waals surface area contributed by atoms with E-state index in [-0.39, 0.29) is 27.3 Å². The zero-order valence-corrected chi connectivity index (χ0v) is 63.8. The number of para-hydroxylation sites is 6. The summed E-state index contributed by atoms with van der Waals surface area (Å²) < 4.78 is 12.9. The number of H-pyrrole nitrogens is 2. The second-order valence-corrected chi connectivity index (χ2v) is 29.2. The SMILES string of the molecule is [Be+2].[C-]#[N+]/C(C#N)=C1\C=C(C)OC(/C=C/c2cc3c4c(c2)CCCN4CCC3)=C1.[O-]c1cccc2ccc3ccc[nH+]c3c12.[O-]c1cccc2ccc3ccc[nH+]c3c12.c1ccc2c(c1)c1ccccc1n2-c1ccc(N(c2ccc(-n3c4ccccc4c4ccccc43)cc2)c2ccc(-n3c4ccccc4c4ccccc43)cc2)cc1. The fourth-order valence-corrected chi connectivity index (χ4v) is 17.3. The monoisotopic (exact) mass is 1490 g/mol. The predicted octanol–water partition coefficient (Wildman–Crippen LogP) is 22.7. The molecule has 550 valence electrons. The molecule has 0 unspecified atom stereocenters. The Hall–Kier alpha value is -15.1. The normalized spacial score (nSPS) is 13.4. The summed E-state index contributed by atoms with van der Waals surface area (Å²) in [5.41, 5.74) is 21.9. The van der Waals surface area contributed by atoms with Crippen molar-refractivity contribution in [3.05, 3.63) is 397 Å². The number of aromatic amines is 2. The van der Waals surface area contributed by atoms with Gasteiger partial charge < -0.3 is 38.5 Å². The summed E-state index contributed by atoms with van der Waals surface area (Å²) in [7, 11) is 0.